The molecule has 2 aliphatic heterocycles. The van der Waals surface area contributed by atoms with Crippen LogP contribution in [0.3, 0.4) is 0 Å². The molecular formula is C25H25N5O4. The molecule has 0 aliphatic carbocycles. The second kappa shape index (κ2) is 8.56. The number of aryl methyl sites for hydroxylation is 1. The van der Waals surface area contributed by atoms with Gasteiger partial charge in [0.2, 0.25) is 0 Å². The van der Waals surface area contributed by atoms with Crippen molar-refractivity contribution in [2.45, 2.75) is 46.0 Å². The Morgan fingerprint density at radius 1 is 1.26 bits per heavy atom. The normalized spacial score (nSPS) is 20.1. The number of nitrogens with zero attached hydrogens (tertiary/aromatic N) is 4. The SMILES string of the molecule is Cc1cc(-n2cc(CN3C[C@@H](c4ccc5c(c4C)COC5=O)N[C@@H](C)C3)oc2=O)ncc1C#N. The van der Waals surface area contributed by atoms with Crippen LogP contribution in [-0.4, -0.2) is 39.6 Å². The van der Waals surface area contributed by atoms with Crippen molar-refractivity contribution in [3.63, 3.8) is 0 Å². The van der Waals surface area contributed by atoms with Crippen molar-refractivity contribution in [3.05, 3.63) is 80.3 Å². The number of piperazine rings is 1. The standard InChI is InChI=1S/C25H25N5O4/c1-14-6-23(27-8-17(14)7-26)30-11-18(34-25(30)32)10-29-9-15(2)28-22(12-29)19-4-5-20-21(16(19)3)13-33-24(20)31/h4-6,8,11,15,22,28H,9-10,12-13H2,1-3H3/t15-,22-/m0/s1. The van der Waals surface area contributed by atoms with Gasteiger partial charge in [0.05, 0.1) is 23.9 Å². The predicted molar refractivity (Wildman–Crippen MR) is 122 cm³/mol. The highest BCUT2D eigenvalue weighted by molar-refractivity contribution is 5.94. The van der Waals surface area contributed by atoms with Gasteiger partial charge in [0.15, 0.2) is 0 Å². The van der Waals surface area contributed by atoms with E-state index in [0.29, 0.717) is 35.9 Å². The maximum absolute atomic E-state index is 12.5. The first-order chi connectivity index (χ1) is 16.3. The van der Waals surface area contributed by atoms with Crippen LogP contribution in [0.2, 0.25) is 0 Å². The number of rotatable bonds is 4. The van der Waals surface area contributed by atoms with E-state index in [1.807, 2.05) is 19.1 Å². The molecular weight excluding hydrogens is 434 g/mol. The Labute approximate surface area is 196 Å². The van der Waals surface area contributed by atoms with Gasteiger partial charge >= 0.3 is 11.7 Å². The molecule has 1 N–H and O–H groups in total. The van der Waals surface area contributed by atoms with E-state index >= 15 is 0 Å². The summed E-state index contributed by atoms with van der Waals surface area (Å²) < 4.78 is 12.1. The maximum Gasteiger partial charge on any atom is 0.425 e. The van der Waals surface area contributed by atoms with Gasteiger partial charge in [-0.25, -0.2) is 19.1 Å². The van der Waals surface area contributed by atoms with Crippen LogP contribution in [0.15, 0.2) is 39.8 Å². The number of cyclic esters (lactones) is 1. The number of oxazole rings is 1. The first-order valence-electron chi connectivity index (χ1n) is 11.2. The number of ether oxygens (including phenoxy) is 1. The minimum Gasteiger partial charge on any atom is -0.457 e. The summed E-state index contributed by atoms with van der Waals surface area (Å²) in [4.78, 5) is 30.9. The number of nitriles is 1. The lowest BCUT2D eigenvalue weighted by Crippen LogP contribution is -2.50. The topological polar surface area (TPSA) is 113 Å². The van der Waals surface area contributed by atoms with Crippen molar-refractivity contribution < 1.29 is 13.9 Å². The molecule has 0 saturated carbocycles. The molecule has 1 fully saturated rings. The molecule has 9 heteroatoms. The first kappa shape index (κ1) is 22.1. The first-order valence-corrected chi connectivity index (χ1v) is 11.2. The maximum atomic E-state index is 12.5. The van der Waals surface area contributed by atoms with Crippen LogP contribution < -0.4 is 11.1 Å². The van der Waals surface area contributed by atoms with Crippen LogP contribution in [0.1, 0.15) is 56.9 Å². The number of pyridine rings is 1. The third kappa shape index (κ3) is 3.91. The molecule has 2 atom stereocenters. The highest BCUT2D eigenvalue weighted by Gasteiger charge is 2.30. The molecule has 1 saturated heterocycles. The van der Waals surface area contributed by atoms with Gasteiger partial charge in [0.1, 0.15) is 24.3 Å². The van der Waals surface area contributed by atoms with E-state index in [-0.39, 0.29) is 18.1 Å². The van der Waals surface area contributed by atoms with Gasteiger partial charge in [-0.2, -0.15) is 5.26 Å². The van der Waals surface area contributed by atoms with Crippen molar-refractivity contribution in [2.24, 2.45) is 0 Å². The summed E-state index contributed by atoms with van der Waals surface area (Å²) in [7, 11) is 0. The Hall–Kier alpha value is -3.74. The van der Waals surface area contributed by atoms with Crippen molar-refractivity contribution in [1.29, 1.82) is 5.26 Å². The largest absolute Gasteiger partial charge is 0.457 e. The number of hydrogen-bond donors (Lipinski definition) is 1. The summed E-state index contributed by atoms with van der Waals surface area (Å²) in [5.74, 6) is 0.202. The Morgan fingerprint density at radius 3 is 2.85 bits per heavy atom. The van der Waals surface area contributed by atoms with E-state index < -0.39 is 5.76 Å². The molecule has 5 rings (SSSR count). The average Bonchev–Trinajstić information content (AvgIpc) is 3.36. The van der Waals surface area contributed by atoms with E-state index in [4.69, 9.17) is 14.4 Å². The lowest BCUT2D eigenvalue weighted by atomic mass is 9.92. The Balaban J connectivity index is 1.36. The number of hydrogen-bond acceptors (Lipinski definition) is 8. The van der Waals surface area contributed by atoms with Gasteiger partial charge in [0.25, 0.3) is 0 Å². The summed E-state index contributed by atoms with van der Waals surface area (Å²) in [6, 6.07) is 7.93. The van der Waals surface area contributed by atoms with E-state index in [1.165, 1.54) is 10.8 Å². The Kier molecular flexibility index (Phi) is 5.55. The molecule has 0 radical (unpaired) electrons. The number of nitrogens with one attached hydrogen (secondary N) is 1. The molecule has 2 aromatic heterocycles. The fourth-order valence-electron chi connectivity index (χ4n) is 4.86. The molecule has 174 valence electrons. The predicted octanol–water partition coefficient (Wildman–Crippen LogP) is 2.52. The summed E-state index contributed by atoms with van der Waals surface area (Å²) in [5, 5.41) is 12.8. The zero-order chi connectivity index (χ0) is 24.0. The third-order valence-electron chi connectivity index (χ3n) is 6.57. The fraction of sp³-hybridized carbons (Fsp3) is 0.360. The summed E-state index contributed by atoms with van der Waals surface area (Å²) >= 11 is 0. The van der Waals surface area contributed by atoms with E-state index in [2.05, 4.69) is 28.2 Å². The van der Waals surface area contributed by atoms with Crippen molar-refractivity contribution >= 4 is 5.97 Å². The highest BCUT2D eigenvalue weighted by atomic mass is 16.5. The molecule has 3 aromatic rings. The zero-order valence-electron chi connectivity index (χ0n) is 19.3. The van der Waals surface area contributed by atoms with Crippen molar-refractivity contribution in [3.8, 4) is 11.9 Å². The van der Waals surface area contributed by atoms with Gasteiger partial charge in [-0.05, 0) is 49.6 Å². The summed E-state index contributed by atoms with van der Waals surface area (Å²) in [5.41, 5.74) is 5.05. The van der Waals surface area contributed by atoms with Gasteiger partial charge in [-0.3, -0.25) is 4.90 Å². The van der Waals surface area contributed by atoms with Crippen molar-refractivity contribution in [1.82, 2.24) is 19.8 Å². The number of carbonyl (C=O) groups excluding carboxylic acids is 1. The highest BCUT2D eigenvalue weighted by Crippen LogP contribution is 2.31. The second-order valence-corrected chi connectivity index (χ2v) is 9.00. The number of carbonyl (C=O) groups is 1. The average molecular weight is 460 g/mol. The fourth-order valence-corrected chi connectivity index (χ4v) is 4.86. The quantitative estimate of drug-likeness (QED) is 0.592. The van der Waals surface area contributed by atoms with E-state index in [1.54, 1.807) is 19.2 Å². The Bertz CT molecular complexity index is 1380. The molecule has 1 aromatic carbocycles. The van der Waals surface area contributed by atoms with Crippen LogP contribution in [0.5, 0.6) is 0 Å². The minimum absolute atomic E-state index is 0.0707. The second-order valence-electron chi connectivity index (χ2n) is 9.00. The molecule has 0 unspecified atom stereocenters. The number of aromatic nitrogens is 2. The monoisotopic (exact) mass is 459 g/mol. The number of benzene rings is 1. The molecule has 0 spiro atoms. The van der Waals surface area contributed by atoms with Crippen LogP contribution in [-0.2, 0) is 17.9 Å². The molecule has 0 amide bonds. The molecule has 2 aliphatic rings. The summed E-state index contributed by atoms with van der Waals surface area (Å²) in [6.45, 7) is 8.29. The lowest BCUT2D eigenvalue weighted by Gasteiger charge is -2.38. The van der Waals surface area contributed by atoms with Crippen LogP contribution >= 0.6 is 0 Å². The zero-order valence-corrected chi connectivity index (χ0v) is 19.3. The third-order valence-corrected chi connectivity index (χ3v) is 6.57. The van der Waals surface area contributed by atoms with Gasteiger partial charge < -0.3 is 14.5 Å². The van der Waals surface area contributed by atoms with Gasteiger partial charge in [-0.1, -0.05) is 6.07 Å². The molecule has 0 bridgehead atoms. The molecule has 34 heavy (non-hydrogen) atoms. The Morgan fingerprint density at radius 2 is 2.09 bits per heavy atom. The van der Waals surface area contributed by atoms with Crippen molar-refractivity contribution in [2.75, 3.05) is 13.1 Å². The van der Waals surface area contributed by atoms with Gasteiger partial charge in [0, 0.05) is 36.9 Å². The summed E-state index contributed by atoms with van der Waals surface area (Å²) in [6.07, 6.45) is 3.13. The van der Waals surface area contributed by atoms with Crippen LogP contribution in [0, 0.1) is 25.2 Å². The van der Waals surface area contributed by atoms with Gasteiger partial charge in [-0.15, -0.1) is 0 Å². The minimum atomic E-state index is -0.509. The molecule has 4 heterocycles. The molecule has 9 nitrogen and oxygen atoms in total. The lowest BCUT2D eigenvalue weighted by molar-refractivity contribution is 0.0535. The van der Waals surface area contributed by atoms with Crippen LogP contribution in [0.25, 0.3) is 5.82 Å². The van der Waals surface area contributed by atoms with E-state index in [0.717, 1.165) is 35.3 Å². The number of fused-ring (bicyclic) bond motifs is 1. The van der Waals surface area contributed by atoms with E-state index in [9.17, 15) is 9.59 Å². The smallest absolute Gasteiger partial charge is 0.425 e. The van der Waals surface area contributed by atoms with Crippen LogP contribution in [0.4, 0.5) is 0 Å². The number of esters is 1.